The number of hydrogen-bond acceptors (Lipinski definition) is 2. The number of hydrogen-bond donors (Lipinski definition) is 1. The molecular formula is C21H19FN2O2. The number of nitrogens with one attached hydrogen (secondary N) is 1. The van der Waals surface area contributed by atoms with E-state index in [0.717, 1.165) is 11.1 Å². The van der Waals surface area contributed by atoms with E-state index in [-0.39, 0.29) is 17.9 Å². The van der Waals surface area contributed by atoms with E-state index in [4.69, 9.17) is 0 Å². The lowest BCUT2D eigenvalue weighted by atomic mass is 10.1. The predicted molar refractivity (Wildman–Crippen MR) is 100 cm³/mol. The number of para-hydroxylation sites is 1. The van der Waals surface area contributed by atoms with Gasteiger partial charge in [0.25, 0.3) is 11.5 Å². The van der Waals surface area contributed by atoms with Crippen LogP contribution in [0.5, 0.6) is 0 Å². The van der Waals surface area contributed by atoms with E-state index in [1.807, 2.05) is 32.0 Å². The zero-order valence-electron chi connectivity index (χ0n) is 14.6. The first-order valence-electron chi connectivity index (χ1n) is 8.28. The SMILES string of the molecule is Cc1cccc(C)c1NC(=O)c1cccn(Cc2ccccc2F)c1=O. The molecule has 3 aromatic rings. The van der Waals surface area contributed by atoms with Gasteiger partial charge in [-0.25, -0.2) is 4.39 Å². The third-order valence-corrected chi connectivity index (χ3v) is 4.28. The summed E-state index contributed by atoms with van der Waals surface area (Å²) >= 11 is 0. The second-order valence-corrected chi connectivity index (χ2v) is 6.17. The van der Waals surface area contributed by atoms with Crippen LogP contribution in [0.2, 0.25) is 0 Å². The summed E-state index contributed by atoms with van der Waals surface area (Å²) in [7, 11) is 0. The lowest BCUT2D eigenvalue weighted by Crippen LogP contribution is -2.29. The number of carbonyl (C=O) groups excluding carboxylic acids is 1. The van der Waals surface area contributed by atoms with E-state index < -0.39 is 11.5 Å². The number of aromatic nitrogens is 1. The minimum Gasteiger partial charge on any atom is -0.321 e. The maximum Gasteiger partial charge on any atom is 0.263 e. The Labute approximate surface area is 150 Å². The van der Waals surface area contributed by atoms with Crippen molar-refractivity contribution in [2.75, 3.05) is 5.32 Å². The minimum absolute atomic E-state index is 0.0199. The molecule has 0 saturated carbocycles. The van der Waals surface area contributed by atoms with Crippen LogP contribution in [0.1, 0.15) is 27.0 Å². The zero-order chi connectivity index (χ0) is 18.7. The van der Waals surface area contributed by atoms with Gasteiger partial charge in [-0.15, -0.1) is 0 Å². The number of pyridine rings is 1. The lowest BCUT2D eigenvalue weighted by molar-refractivity contribution is 0.102. The van der Waals surface area contributed by atoms with E-state index in [2.05, 4.69) is 5.32 Å². The van der Waals surface area contributed by atoms with Crippen molar-refractivity contribution in [2.24, 2.45) is 0 Å². The Balaban J connectivity index is 1.91. The summed E-state index contributed by atoms with van der Waals surface area (Å²) in [5, 5.41) is 2.81. The van der Waals surface area contributed by atoms with Crippen LogP contribution in [-0.2, 0) is 6.54 Å². The highest BCUT2D eigenvalue weighted by Crippen LogP contribution is 2.20. The van der Waals surface area contributed by atoms with Crippen LogP contribution in [0.3, 0.4) is 0 Å². The summed E-state index contributed by atoms with van der Waals surface area (Å²) in [5.74, 6) is -0.861. The number of halogens is 1. The van der Waals surface area contributed by atoms with Crippen LogP contribution < -0.4 is 10.9 Å². The Morgan fingerprint density at radius 3 is 2.38 bits per heavy atom. The molecule has 0 atom stereocenters. The van der Waals surface area contributed by atoms with Crippen LogP contribution in [-0.4, -0.2) is 10.5 Å². The number of carbonyl (C=O) groups is 1. The predicted octanol–water partition coefficient (Wildman–Crippen LogP) is 3.90. The Bertz CT molecular complexity index is 1000. The number of aryl methyl sites for hydroxylation is 2. The second kappa shape index (κ2) is 7.35. The summed E-state index contributed by atoms with van der Waals surface area (Å²) in [6.07, 6.45) is 1.55. The molecule has 0 unspecified atom stereocenters. The molecule has 1 N–H and O–H groups in total. The van der Waals surface area contributed by atoms with Gasteiger partial charge in [0.2, 0.25) is 0 Å². The molecular weight excluding hydrogens is 331 g/mol. The molecule has 0 radical (unpaired) electrons. The lowest BCUT2D eigenvalue weighted by Gasteiger charge is -2.12. The standard InChI is InChI=1S/C21H19FN2O2/c1-14-7-5-8-15(2)19(14)23-20(25)17-10-6-12-24(21(17)26)13-16-9-3-4-11-18(16)22/h3-12H,13H2,1-2H3,(H,23,25). The molecule has 4 nitrogen and oxygen atoms in total. The Morgan fingerprint density at radius 1 is 1.00 bits per heavy atom. The van der Waals surface area contributed by atoms with Gasteiger partial charge in [-0.05, 0) is 43.2 Å². The highest BCUT2D eigenvalue weighted by Gasteiger charge is 2.15. The average Bonchev–Trinajstić information content (AvgIpc) is 2.62. The molecule has 26 heavy (non-hydrogen) atoms. The molecule has 0 fully saturated rings. The fraction of sp³-hybridized carbons (Fsp3) is 0.143. The van der Waals surface area contributed by atoms with E-state index in [9.17, 15) is 14.0 Å². The molecule has 0 saturated heterocycles. The molecule has 0 aliphatic rings. The summed E-state index contributed by atoms with van der Waals surface area (Å²) in [6.45, 7) is 3.85. The van der Waals surface area contributed by atoms with Gasteiger partial charge in [-0.2, -0.15) is 0 Å². The molecule has 0 aliphatic heterocycles. The average molecular weight is 350 g/mol. The Kier molecular flexibility index (Phi) is 4.98. The number of nitrogens with zero attached hydrogens (tertiary/aromatic N) is 1. The fourth-order valence-electron chi connectivity index (χ4n) is 2.84. The maximum atomic E-state index is 13.8. The first-order valence-corrected chi connectivity index (χ1v) is 8.28. The van der Waals surface area contributed by atoms with Gasteiger partial charge in [0, 0.05) is 17.4 Å². The molecule has 0 bridgehead atoms. The third kappa shape index (κ3) is 3.57. The van der Waals surface area contributed by atoms with Crippen molar-refractivity contribution in [3.05, 3.63) is 99.2 Å². The van der Waals surface area contributed by atoms with Gasteiger partial charge < -0.3 is 9.88 Å². The van der Waals surface area contributed by atoms with Gasteiger partial charge in [0.05, 0.1) is 6.54 Å². The first kappa shape index (κ1) is 17.6. The molecule has 132 valence electrons. The molecule has 1 heterocycles. The van der Waals surface area contributed by atoms with Crippen LogP contribution in [0, 0.1) is 19.7 Å². The maximum absolute atomic E-state index is 13.8. The molecule has 1 amide bonds. The number of benzene rings is 2. The van der Waals surface area contributed by atoms with Gasteiger partial charge in [0.1, 0.15) is 11.4 Å². The second-order valence-electron chi connectivity index (χ2n) is 6.17. The largest absolute Gasteiger partial charge is 0.321 e. The monoisotopic (exact) mass is 350 g/mol. The van der Waals surface area contributed by atoms with Gasteiger partial charge in [-0.3, -0.25) is 9.59 Å². The van der Waals surface area contributed by atoms with Gasteiger partial charge >= 0.3 is 0 Å². The van der Waals surface area contributed by atoms with E-state index >= 15 is 0 Å². The molecule has 1 aromatic heterocycles. The highest BCUT2D eigenvalue weighted by molar-refractivity contribution is 6.04. The van der Waals surface area contributed by atoms with Crippen molar-refractivity contribution in [3.8, 4) is 0 Å². The smallest absolute Gasteiger partial charge is 0.263 e. The number of rotatable bonds is 4. The Hall–Kier alpha value is -3.21. The molecule has 2 aromatic carbocycles. The normalized spacial score (nSPS) is 10.6. The minimum atomic E-state index is -0.477. The number of amides is 1. The van der Waals surface area contributed by atoms with Crippen molar-refractivity contribution in [2.45, 2.75) is 20.4 Å². The number of anilines is 1. The van der Waals surface area contributed by atoms with E-state index in [1.54, 1.807) is 30.5 Å². The fourth-order valence-corrected chi connectivity index (χ4v) is 2.84. The molecule has 0 aliphatic carbocycles. The quantitative estimate of drug-likeness (QED) is 0.776. The van der Waals surface area contributed by atoms with Crippen LogP contribution in [0.25, 0.3) is 0 Å². The zero-order valence-corrected chi connectivity index (χ0v) is 14.6. The topological polar surface area (TPSA) is 51.1 Å². The van der Waals surface area contributed by atoms with Gasteiger partial charge in [-0.1, -0.05) is 36.4 Å². The summed E-state index contributed by atoms with van der Waals surface area (Å²) in [5.41, 5.74) is 2.48. The highest BCUT2D eigenvalue weighted by atomic mass is 19.1. The molecule has 5 heteroatoms. The van der Waals surface area contributed by atoms with Crippen LogP contribution >= 0.6 is 0 Å². The van der Waals surface area contributed by atoms with Crippen molar-refractivity contribution in [1.82, 2.24) is 4.57 Å². The van der Waals surface area contributed by atoms with Crippen molar-refractivity contribution in [3.63, 3.8) is 0 Å². The third-order valence-electron chi connectivity index (χ3n) is 4.28. The van der Waals surface area contributed by atoms with Crippen LogP contribution in [0.15, 0.2) is 65.6 Å². The molecule has 3 rings (SSSR count). The van der Waals surface area contributed by atoms with E-state index in [1.165, 1.54) is 16.7 Å². The summed E-state index contributed by atoms with van der Waals surface area (Å²) in [6, 6.07) is 15.0. The Morgan fingerprint density at radius 2 is 1.69 bits per heavy atom. The summed E-state index contributed by atoms with van der Waals surface area (Å²) in [4.78, 5) is 25.3. The van der Waals surface area contributed by atoms with E-state index in [0.29, 0.717) is 11.3 Å². The van der Waals surface area contributed by atoms with Crippen molar-refractivity contribution in [1.29, 1.82) is 0 Å². The van der Waals surface area contributed by atoms with Gasteiger partial charge in [0.15, 0.2) is 0 Å². The van der Waals surface area contributed by atoms with Crippen molar-refractivity contribution >= 4 is 11.6 Å². The van der Waals surface area contributed by atoms with Crippen LogP contribution in [0.4, 0.5) is 10.1 Å². The van der Waals surface area contributed by atoms with Crippen molar-refractivity contribution < 1.29 is 9.18 Å². The summed E-state index contributed by atoms with van der Waals surface area (Å²) < 4.78 is 15.2. The first-order chi connectivity index (χ1) is 12.5. The molecule has 0 spiro atoms.